The molecule has 19 heavy (non-hydrogen) atoms. The Labute approximate surface area is 111 Å². The lowest BCUT2D eigenvalue weighted by Gasteiger charge is -2.17. The highest BCUT2D eigenvalue weighted by Gasteiger charge is 2.31. The molecular formula is C16H16O3. The Balaban J connectivity index is 2.09. The van der Waals surface area contributed by atoms with E-state index in [0.29, 0.717) is 5.92 Å². The van der Waals surface area contributed by atoms with Crippen LogP contribution in [0.1, 0.15) is 29.5 Å². The molecule has 0 saturated carbocycles. The molecule has 2 atom stereocenters. The molecule has 0 aromatic heterocycles. The molecule has 98 valence electrons. The summed E-state index contributed by atoms with van der Waals surface area (Å²) in [5.74, 6) is 0.722. The fourth-order valence-corrected chi connectivity index (χ4v) is 3.06. The molecule has 0 aliphatic heterocycles. The van der Waals surface area contributed by atoms with Gasteiger partial charge in [0.15, 0.2) is 11.5 Å². The Kier molecular flexibility index (Phi) is 2.63. The Morgan fingerprint density at radius 3 is 2.26 bits per heavy atom. The fraction of sp³-hybridized carbons (Fsp3) is 0.250. The maximum atomic E-state index is 9.69. The van der Waals surface area contributed by atoms with Gasteiger partial charge in [-0.2, -0.15) is 0 Å². The molecule has 0 radical (unpaired) electrons. The average molecular weight is 256 g/mol. The Morgan fingerprint density at radius 2 is 1.58 bits per heavy atom. The summed E-state index contributed by atoms with van der Waals surface area (Å²) in [7, 11) is 0. The number of rotatable bonds is 1. The van der Waals surface area contributed by atoms with Gasteiger partial charge in [0.2, 0.25) is 0 Å². The van der Waals surface area contributed by atoms with Gasteiger partial charge in [0.05, 0.1) is 0 Å². The van der Waals surface area contributed by atoms with E-state index in [1.807, 2.05) is 12.1 Å². The number of phenolic OH excluding ortho intramolecular Hbond substituents is 3. The molecule has 1 aliphatic carbocycles. The summed E-state index contributed by atoms with van der Waals surface area (Å²) in [6.45, 7) is 2.16. The molecule has 2 unspecified atom stereocenters. The Hall–Kier alpha value is -2.16. The second-order valence-corrected chi connectivity index (χ2v) is 5.29. The number of phenols is 3. The van der Waals surface area contributed by atoms with Gasteiger partial charge >= 0.3 is 0 Å². The first-order valence-corrected chi connectivity index (χ1v) is 6.40. The first-order chi connectivity index (χ1) is 9.06. The fourth-order valence-electron chi connectivity index (χ4n) is 3.06. The maximum Gasteiger partial charge on any atom is 0.157 e. The molecule has 0 spiro atoms. The summed E-state index contributed by atoms with van der Waals surface area (Å²) in [5.41, 5.74) is 3.27. The summed E-state index contributed by atoms with van der Waals surface area (Å²) in [4.78, 5) is 0. The van der Waals surface area contributed by atoms with Crippen molar-refractivity contribution in [2.75, 3.05) is 0 Å². The highest BCUT2D eigenvalue weighted by Crippen LogP contribution is 2.45. The van der Waals surface area contributed by atoms with Crippen LogP contribution < -0.4 is 0 Å². The van der Waals surface area contributed by atoms with Gasteiger partial charge in [0.25, 0.3) is 0 Å². The average Bonchev–Trinajstić information content (AvgIpc) is 2.67. The van der Waals surface area contributed by atoms with Gasteiger partial charge in [0.1, 0.15) is 5.75 Å². The van der Waals surface area contributed by atoms with Crippen molar-refractivity contribution in [3.63, 3.8) is 0 Å². The van der Waals surface area contributed by atoms with Gasteiger partial charge < -0.3 is 15.3 Å². The largest absolute Gasteiger partial charge is 0.508 e. The number of benzene rings is 2. The summed E-state index contributed by atoms with van der Waals surface area (Å²) in [5, 5.41) is 28.6. The summed E-state index contributed by atoms with van der Waals surface area (Å²) in [6, 6.07) is 10.5. The number of fused-ring (bicyclic) bond motifs is 1. The lowest BCUT2D eigenvalue weighted by Crippen LogP contribution is -2.05. The van der Waals surface area contributed by atoms with E-state index in [2.05, 4.69) is 6.92 Å². The van der Waals surface area contributed by atoms with E-state index in [1.54, 1.807) is 24.3 Å². The molecule has 3 nitrogen and oxygen atoms in total. The number of hydrogen-bond acceptors (Lipinski definition) is 3. The van der Waals surface area contributed by atoms with Crippen LogP contribution in [0.15, 0.2) is 36.4 Å². The van der Waals surface area contributed by atoms with Crippen molar-refractivity contribution in [2.45, 2.75) is 19.3 Å². The molecule has 0 bridgehead atoms. The molecule has 3 rings (SSSR count). The van der Waals surface area contributed by atoms with Crippen LogP contribution in [-0.4, -0.2) is 15.3 Å². The zero-order valence-electron chi connectivity index (χ0n) is 10.7. The van der Waals surface area contributed by atoms with Crippen LogP contribution in [0.3, 0.4) is 0 Å². The molecule has 2 aromatic rings. The summed E-state index contributed by atoms with van der Waals surface area (Å²) < 4.78 is 0. The molecule has 0 amide bonds. The zero-order valence-corrected chi connectivity index (χ0v) is 10.7. The molecule has 0 fully saturated rings. The third kappa shape index (κ3) is 1.91. The predicted octanol–water partition coefficient (Wildman–Crippen LogP) is 3.13. The highest BCUT2D eigenvalue weighted by atomic mass is 16.3. The van der Waals surface area contributed by atoms with Crippen molar-refractivity contribution >= 4 is 0 Å². The number of hydrogen-bond donors (Lipinski definition) is 3. The van der Waals surface area contributed by atoms with E-state index in [-0.39, 0.29) is 23.2 Å². The predicted molar refractivity (Wildman–Crippen MR) is 72.6 cm³/mol. The van der Waals surface area contributed by atoms with Crippen molar-refractivity contribution in [1.82, 2.24) is 0 Å². The van der Waals surface area contributed by atoms with Crippen LogP contribution in [0.5, 0.6) is 17.2 Å². The third-order valence-corrected chi connectivity index (χ3v) is 3.93. The quantitative estimate of drug-likeness (QED) is 0.687. The molecule has 3 N–H and O–H groups in total. The summed E-state index contributed by atoms with van der Waals surface area (Å²) >= 11 is 0. The van der Waals surface area contributed by atoms with Crippen LogP contribution >= 0.6 is 0 Å². The normalized spacial score (nSPS) is 21.3. The van der Waals surface area contributed by atoms with Crippen LogP contribution in [0, 0.1) is 5.92 Å². The molecule has 1 aliphatic rings. The van der Waals surface area contributed by atoms with E-state index in [1.165, 1.54) is 0 Å². The van der Waals surface area contributed by atoms with E-state index >= 15 is 0 Å². The SMILES string of the molecule is CC1Cc2cc(O)c(O)cc2C1c1ccc(O)cc1. The highest BCUT2D eigenvalue weighted by molar-refractivity contribution is 5.52. The molecule has 2 aromatic carbocycles. The molecule has 3 heteroatoms. The Bertz CT molecular complexity index is 617. The van der Waals surface area contributed by atoms with Gasteiger partial charge in [-0.1, -0.05) is 19.1 Å². The van der Waals surface area contributed by atoms with Crippen molar-refractivity contribution < 1.29 is 15.3 Å². The molecular weight excluding hydrogens is 240 g/mol. The lowest BCUT2D eigenvalue weighted by atomic mass is 9.87. The van der Waals surface area contributed by atoms with Crippen molar-refractivity contribution in [3.8, 4) is 17.2 Å². The van der Waals surface area contributed by atoms with Gasteiger partial charge in [-0.15, -0.1) is 0 Å². The van der Waals surface area contributed by atoms with Crippen molar-refractivity contribution in [2.24, 2.45) is 5.92 Å². The minimum atomic E-state index is -0.0726. The van der Waals surface area contributed by atoms with Crippen LogP contribution in [0.2, 0.25) is 0 Å². The van der Waals surface area contributed by atoms with Crippen LogP contribution in [0.25, 0.3) is 0 Å². The van der Waals surface area contributed by atoms with E-state index in [9.17, 15) is 15.3 Å². The van der Waals surface area contributed by atoms with Crippen molar-refractivity contribution in [1.29, 1.82) is 0 Å². The van der Waals surface area contributed by atoms with Gasteiger partial charge in [-0.05, 0) is 53.3 Å². The van der Waals surface area contributed by atoms with E-state index < -0.39 is 0 Å². The van der Waals surface area contributed by atoms with Gasteiger partial charge in [-0.25, -0.2) is 0 Å². The third-order valence-electron chi connectivity index (χ3n) is 3.93. The number of aromatic hydroxyl groups is 3. The monoisotopic (exact) mass is 256 g/mol. The van der Waals surface area contributed by atoms with Gasteiger partial charge in [-0.3, -0.25) is 0 Å². The molecule has 0 heterocycles. The Morgan fingerprint density at radius 1 is 0.947 bits per heavy atom. The van der Waals surface area contributed by atoms with E-state index in [4.69, 9.17) is 0 Å². The minimum absolute atomic E-state index is 0.0580. The first kappa shape index (κ1) is 11.9. The summed E-state index contributed by atoms with van der Waals surface area (Å²) in [6.07, 6.45) is 0.884. The second-order valence-electron chi connectivity index (χ2n) is 5.29. The van der Waals surface area contributed by atoms with Crippen molar-refractivity contribution in [3.05, 3.63) is 53.1 Å². The standard InChI is InChI=1S/C16H16O3/c1-9-6-11-7-14(18)15(19)8-13(11)16(9)10-2-4-12(17)5-3-10/h2-5,7-9,16-19H,6H2,1H3. The van der Waals surface area contributed by atoms with E-state index in [0.717, 1.165) is 23.1 Å². The maximum absolute atomic E-state index is 9.69. The zero-order chi connectivity index (χ0) is 13.6. The second kappa shape index (κ2) is 4.19. The van der Waals surface area contributed by atoms with Crippen LogP contribution in [-0.2, 0) is 6.42 Å². The first-order valence-electron chi connectivity index (χ1n) is 6.40. The minimum Gasteiger partial charge on any atom is -0.508 e. The molecule has 0 saturated heterocycles. The smallest absolute Gasteiger partial charge is 0.157 e. The topological polar surface area (TPSA) is 60.7 Å². The van der Waals surface area contributed by atoms with Crippen LogP contribution in [0.4, 0.5) is 0 Å². The lowest BCUT2D eigenvalue weighted by molar-refractivity contribution is 0.403. The van der Waals surface area contributed by atoms with Gasteiger partial charge in [0, 0.05) is 5.92 Å².